The van der Waals surface area contributed by atoms with Crippen LogP contribution in [0.3, 0.4) is 0 Å². The summed E-state index contributed by atoms with van der Waals surface area (Å²) in [6.45, 7) is 6.56. The number of rotatable bonds is 4. The lowest BCUT2D eigenvalue weighted by Gasteiger charge is -2.17. The van der Waals surface area contributed by atoms with E-state index in [1.54, 1.807) is 0 Å². The zero-order valence-corrected chi connectivity index (χ0v) is 8.91. The van der Waals surface area contributed by atoms with E-state index in [1.807, 2.05) is 17.9 Å². The predicted molar refractivity (Wildman–Crippen MR) is 54.5 cm³/mol. The summed E-state index contributed by atoms with van der Waals surface area (Å²) in [5.74, 6) is 0. The predicted octanol–water partition coefficient (Wildman–Crippen LogP) is 1.87. The Hall–Kier alpha value is -0.830. The number of hydrogen-bond donors (Lipinski definition) is 1. The Kier molecular flexibility index (Phi) is 3.48. The van der Waals surface area contributed by atoms with Crippen LogP contribution in [0.15, 0.2) is 12.4 Å². The molecule has 1 rings (SSSR count). The zero-order valence-electron chi connectivity index (χ0n) is 8.91. The lowest BCUT2D eigenvalue weighted by atomic mass is 10.1. The van der Waals surface area contributed by atoms with Gasteiger partial charge in [0.2, 0.25) is 0 Å². The number of aromatic nitrogens is 2. The Balaban J connectivity index is 2.53. The molecule has 0 amide bonds. The van der Waals surface area contributed by atoms with E-state index in [1.165, 1.54) is 5.56 Å². The smallest absolute Gasteiger partial charge is 0.0537 e. The van der Waals surface area contributed by atoms with Crippen LogP contribution in [-0.2, 0) is 7.05 Å². The molecule has 0 aliphatic heterocycles. The van der Waals surface area contributed by atoms with Crippen molar-refractivity contribution in [2.75, 3.05) is 0 Å². The normalized spacial score (nSPS) is 15.7. The third kappa shape index (κ3) is 2.84. The summed E-state index contributed by atoms with van der Waals surface area (Å²) in [5, 5.41) is 7.65. The number of aryl methyl sites for hydroxylation is 1. The summed E-state index contributed by atoms with van der Waals surface area (Å²) < 4.78 is 1.84. The average Bonchev–Trinajstić information content (AvgIpc) is 2.51. The van der Waals surface area contributed by atoms with Crippen molar-refractivity contribution in [2.24, 2.45) is 7.05 Å². The van der Waals surface area contributed by atoms with Gasteiger partial charge < -0.3 is 5.32 Å². The van der Waals surface area contributed by atoms with Gasteiger partial charge in [0.25, 0.3) is 0 Å². The summed E-state index contributed by atoms with van der Waals surface area (Å²) >= 11 is 0. The standard InChI is InChI=1S/C10H19N3/c1-5-8(2)12-9(3)10-6-11-13(4)7-10/h6-9,12H,5H2,1-4H3/t8-,9-/m0/s1. The van der Waals surface area contributed by atoms with Crippen LogP contribution in [0.4, 0.5) is 0 Å². The van der Waals surface area contributed by atoms with Gasteiger partial charge in [-0.25, -0.2) is 0 Å². The summed E-state index contributed by atoms with van der Waals surface area (Å²) in [6, 6.07) is 0.957. The zero-order chi connectivity index (χ0) is 9.84. The van der Waals surface area contributed by atoms with Crippen molar-refractivity contribution in [3.8, 4) is 0 Å². The van der Waals surface area contributed by atoms with Crippen LogP contribution in [0, 0.1) is 0 Å². The highest BCUT2D eigenvalue weighted by atomic mass is 15.2. The molecular formula is C10H19N3. The van der Waals surface area contributed by atoms with Crippen LogP contribution >= 0.6 is 0 Å². The third-order valence-electron chi connectivity index (χ3n) is 2.37. The third-order valence-corrected chi connectivity index (χ3v) is 2.37. The maximum absolute atomic E-state index is 4.15. The maximum atomic E-state index is 4.15. The minimum atomic E-state index is 0.392. The largest absolute Gasteiger partial charge is 0.308 e. The van der Waals surface area contributed by atoms with Crippen molar-refractivity contribution >= 4 is 0 Å². The van der Waals surface area contributed by atoms with Crippen LogP contribution in [0.25, 0.3) is 0 Å². The van der Waals surface area contributed by atoms with E-state index < -0.39 is 0 Å². The van der Waals surface area contributed by atoms with Crippen LogP contribution in [0.5, 0.6) is 0 Å². The molecule has 0 unspecified atom stereocenters. The first kappa shape index (κ1) is 10.3. The van der Waals surface area contributed by atoms with E-state index in [0.29, 0.717) is 12.1 Å². The molecule has 0 aliphatic rings. The molecule has 0 bridgehead atoms. The van der Waals surface area contributed by atoms with Crippen LogP contribution in [0.2, 0.25) is 0 Å². The lowest BCUT2D eigenvalue weighted by molar-refractivity contribution is 0.469. The SMILES string of the molecule is CC[C@H](C)N[C@@H](C)c1cnn(C)c1. The maximum Gasteiger partial charge on any atom is 0.0537 e. The van der Waals surface area contributed by atoms with Crippen molar-refractivity contribution < 1.29 is 0 Å². The van der Waals surface area contributed by atoms with Crippen LogP contribution in [-0.4, -0.2) is 15.8 Å². The average molecular weight is 181 g/mol. The molecule has 1 aromatic heterocycles. The van der Waals surface area contributed by atoms with Gasteiger partial charge in [-0.05, 0) is 20.3 Å². The fourth-order valence-electron chi connectivity index (χ4n) is 1.30. The quantitative estimate of drug-likeness (QED) is 0.768. The van der Waals surface area contributed by atoms with Crippen molar-refractivity contribution in [1.29, 1.82) is 0 Å². The molecule has 1 aromatic rings. The molecule has 0 saturated carbocycles. The highest BCUT2D eigenvalue weighted by Crippen LogP contribution is 2.11. The summed E-state index contributed by atoms with van der Waals surface area (Å²) in [5.41, 5.74) is 1.25. The van der Waals surface area contributed by atoms with Gasteiger partial charge in [-0.3, -0.25) is 4.68 Å². The molecule has 1 heterocycles. The van der Waals surface area contributed by atoms with E-state index in [9.17, 15) is 0 Å². The second-order valence-electron chi connectivity index (χ2n) is 3.64. The molecule has 0 fully saturated rings. The van der Waals surface area contributed by atoms with Crippen molar-refractivity contribution in [3.05, 3.63) is 18.0 Å². The Labute approximate surface area is 80.1 Å². The first-order chi connectivity index (χ1) is 6.13. The Morgan fingerprint density at radius 2 is 2.23 bits per heavy atom. The van der Waals surface area contributed by atoms with E-state index in [-0.39, 0.29) is 0 Å². The molecule has 74 valence electrons. The Morgan fingerprint density at radius 1 is 1.54 bits per heavy atom. The topological polar surface area (TPSA) is 29.9 Å². The van der Waals surface area contributed by atoms with Gasteiger partial charge in [0.1, 0.15) is 0 Å². The molecule has 13 heavy (non-hydrogen) atoms. The fourth-order valence-corrected chi connectivity index (χ4v) is 1.30. The molecule has 1 N–H and O–H groups in total. The Bertz CT molecular complexity index is 254. The molecule has 2 atom stereocenters. The van der Waals surface area contributed by atoms with E-state index in [2.05, 4.69) is 37.4 Å². The van der Waals surface area contributed by atoms with Gasteiger partial charge in [-0.1, -0.05) is 6.92 Å². The van der Waals surface area contributed by atoms with Gasteiger partial charge in [-0.15, -0.1) is 0 Å². The molecule has 0 saturated heterocycles. The van der Waals surface area contributed by atoms with E-state index in [4.69, 9.17) is 0 Å². The van der Waals surface area contributed by atoms with Gasteiger partial charge in [0.05, 0.1) is 6.20 Å². The summed E-state index contributed by atoms with van der Waals surface area (Å²) in [6.07, 6.45) is 5.13. The van der Waals surface area contributed by atoms with Gasteiger partial charge in [0.15, 0.2) is 0 Å². The second-order valence-corrected chi connectivity index (χ2v) is 3.64. The summed E-state index contributed by atoms with van der Waals surface area (Å²) in [7, 11) is 1.94. The molecule has 0 aromatic carbocycles. The fraction of sp³-hybridized carbons (Fsp3) is 0.700. The molecule has 0 radical (unpaired) electrons. The van der Waals surface area contributed by atoms with E-state index >= 15 is 0 Å². The molecule has 0 spiro atoms. The number of nitrogens with one attached hydrogen (secondary N) is 1. The van der Waals surface area contributed by atoms with Gasteiger partial charge in [0, 0.05) is 30.9 Å². The number of hydrogen-bond acceptors (Lipinski definition) is 2. The van der Waals surface area contributed by atoms with Crippen LogP contribution in [0.1, 0.15) is 38.8 Å². The summed E-state index contributed by atoms with van der Waals surface area (Å²) in [4.78, 5) is 0. The van der Waals surface area contributed by atoms with Crippen LogP contribution < -0.4 is 5.32 Å². The first-order valence-corrected chi connectivity index (χ1v) is 4.88. The molecule has 3 nitrogen and oxygen atoms in total. The monoisotopic (exact) mass is 181 g/mol. The van der Waals surface area contributed by atoms with Gasteiger partial charge in [-0.2, -0.15) is 5.10 Å². The van der Waals surface area contributed by atoms with Crippen molar-refractivity contribution in [2.45, 2.75) is 39.3 Å². The lowest BCUT2D eigenvalue weighted by Crippen LogP contribution is -2.27. The second kappa shape index (κ2) is 4.42. The molecule has 0 aliphatic carbocycles. The number of nitrogens with zero attached hydrogens (tertiary/aromatic N) is 2. The Morgan fingerprint density at radius 3 is 2.69 bits per heavy atom. The van der Waals surface area contributed by atoms with Crippen molar-refractivity contribution in [3.63, 3.8) is 0 Å². The highest BCUT2D eigenvalue weighted by molar-refractivity contribution is 5.09. The van der Waals surface area contributed by atoms with Gasteiger partial charge >= 0.3 is 0 Å². The molecule has 3 heteroatoms. The van der Waals surface area contributed by atoms with E-state index in [0.717, 1.165) is 6.42 Å². The minimum Gasteiger partial charge on any atom is -0.308 e. The highest BCUT2D eigenvalue weighted by Gasteiger charge is 2.08. The molecular weight excluding hydrogens is 162 g/mol. The first-order valence-electron chi connectivity index (χ1n) is 4.88. The minimum absolute atomic E-state index is 0.392. The van der Waals surface area contributed by atoms with Crippen molar-refractivity contribution in [1.82, 2.24) is 15.1 Å².